The first-order valence-corrected chi connectivity index (χ1v) is 3.26. The SMILES string of the molecule is CCC1CNCCO1.F. The molecule has 1 fully saturated rings. The van der Waals surface area contributed by atoms with Crippen LogP contribution in [0.25, 0.3) is 0 Å². The summed E-state index contributed by atoms with van der Waals surface area (Å²) in [6, 6.07) is 0. The normalized spacial score (nSPS) is 27.0. The smallest absolute Gasteiger partial charge is 0.0697 e. The van der Waals surface area contributed by atoms with Crippen LogP contribution < -0.4 is 5.32 Å². The third-order valence-electron chi connectivity index (χ3n) is 1.46. The van der Waals surface area contributed by atoms with Gasteiger partial charge >= 0.3 is 0 Å². The molecule has 0 saturated carbocycles. The van der Waals surface area contributed by atoms with Crippen LogP contribution in [0.5, 0.6) is 0 Å². The second kappa shape index (κ2) is 4.70. The van der Waals surface area contributed by atoms with Gasteiger partial charge in [0.15, 0.2) is 0 Å². The highest BCUT2D eigenvalue weighted by molar-refractivity contribution is 4.63. The van der Waals surface area contributed by atoms with Crippen molar-refractivity contribution < 1.29 is 9.44 Å². The van der Waals surface area contributed by atoms with E-state index in [0.717, 1.165) is 26.1 Å². The highest BCUT2D eigenvalue weighted by Crippen LogP contribution is 1.98. The van der Waals surface area contributed by atoms with Crippen molar-refractivity contribution in [3.8, 4) is 0 Å². The molecule has 56 valence electrons. The van der Waals surface area contributed by atoms with E-state index in [-0.39, 0.29) is 4.70 Å². The first-order valence-electron chi connectivity index (χ1n) is 3.26. The van der Waals surface area contributed by atoms with Crippen molar-refractivity contribution in [3.63, 3.8) is 0 Å². The van der Waals surface area contributed by atoms with Crippen LogP contribution in [0.3, 0.4) is 0 Å². The van der Waals surface area contributed by atoms with Gasteiger partial charge in [-0.3, -0.25) is 4.70 Å². The van der Waals surface area contributed by atoms with Gasteiger partial charge < -0.3 is 10.1 Å². The van der Waals surface area contributed by atoms with E-state index in [2.05, 4.69) is 12.2 Å². The van der Waals surface area contributed by atoms with Crippen molar-refractivity contribution in [2.24, 2.45) is 0 Å². The van der Waals surface area contributed by atoms with Crippen LogP contribution in [0.15, 0.2) is 0 Å². The number of morpholine rings is 1. The lowest BCUT2D eigenvalue weighted by Gasteiger charge is -2.21. The summed E-state index contributed by atoms with van der Waals surface area (Å²) in [4.78, 5) is 0. The molecule has 1 aliphatic rings. The second-order valence-electron chi connectivity index (χ2n) is 2.11. The maximum Gasteiger partial charge on any atom is 0.0697 e. The lowest BCUT2D eigenvalue weighted by Crippen LogP contribution is -2.37. The standard InChI is InChI=1S/C6H13NO.FH/c1-2-6-5-7-3-4-8-6;/h6-7H,2-5H2,1H3;1H. The molecule has 9 heavy (non-hydrogen) atoms. The van der Waals surface area contributed by atoms with Gasteiger partial charge in [-0.25, -0.2) is 0 Å². The van der Waals surface area contributed by atoms with Crippen molar-refractivity contribution in [3.05, 3.63) is 0 Å². The number of hydrogen-bond acceptors (Lipinski definition) is 2. The Morgan fingerprint density at radius 1 is 1.67 bits per heavy atom. The molecule has 1 unspecified atom stereocenters. The zero-order valence-corrected chi connectivity index (χ0v) is 5.72. The molecule has 0 aromatic rings. The summed E-state index contributed by atoms with van der Waals surface area (Å²) in [5.74, 6) is 0. The lowest BCUT2D eigenvalue weighted by atomic mass is 10.2. The molecule has 0 spiro atoms. The minimum absolute atomic E-state index is 0. The molecule has 1 saturated heterocycles. The van der Waals surface area contributed by atoms with Gasteiger partial charge in [-0.1, -0.05) is 6.92 Å². The van der Waals surface area contributed by atoms with Crippen molar-refractivity contribution >= 4 is 0 Å². The first kappa shape index (κ1) is 8.85. The summed E-state index contributed by atoms with van der Waals surface area (Å²) < 4.78 is 5.36. The van der Waals surface area contributed by atoms with Gasteiger partial charge in [0.05, 0.1) is 12.7 Å². The number of nitrogens with one attached hydrogen (secondary N) is 1. The summed E-state index contributed by atoms with van der Waals surface area (Å²) >= 11 is 0. The van der Waals surface area contributed by atoms with E-state index >= 15 is 0 Å². The molecule has 2 nitrogen and oxygen atoms in total. The van der Waals surface area contributed by atoms with Crippen molar-refractivity contribution in [1.29, 1.82) is 0 Å². The van der Waals surface area contributed by atoms with Crippen LogP contribution >= 0.6 is 0 Å². The molecule has 3 heteroatoms. The molecule has 1 atom stereocenters. The van der Waals surface area contributed by atoms with Gasteiger partial charge in [0, 0.05) is 13.1 Å². The molecule has 0 aromatic heterocycles. The minimum atomic E-state index is 0. The molecule has 0 aliphatic carbocycles. The number of halogens is 1. The predicted molar refractivity (Wildman–Crippen MR) is 35.4 cm³/mol. The molecule has 1 rings (SSSR count). The number of hydrogen-bond donors (Lipinski definition) is 1. The van der Waals surface area contributed by atoms with E-state index in [0.29, 0.717) is 6.10 Å². The average Bonchev–Trinajstić information content (AvgIpc) is 1.90. The molecule has 0 amide bonds. The third-order valence-corrected chi connectivity index (χ3v) is 1.46. The molecule has 0 radical (unpaired) electrons. The summed E-state index contributed by atoms with van der Waals surface area (Å²) in [6.45, 7) is 5.10. The fourth-order valence-electron chi connectivity index (χ4n) is 0.882. The van der Waals surface area contributed by atoms with Crippen LogP contribution in [0.2, 0.25) is 0 Å². The summed E-state index contributed by atoms with van der Waals surface area (Å²) in [7, 11) is 0. The number of ether oxygens (including phenoxy) is 1. The van der Waals surface area contributed by atoms with Crippen LogP contribution in [0, 0.1) is 0 Å². The highest BCUT2D eigenvalue weighted by Gasteiger charge is 2.08. The molecular weight excluding hydrogens is 121 g/mol. The van der Waals surface area contributed by atoms with E-state index in [1.807, 2.05) is 0 Å². The number of rotatable bonds is 1. The van der Waals surface area contributed by atoms with Gasteiger partial charge in [0.25, 0.3) is 0 Å². The molecule has 1 aliphatic heterocycles. The molecular formula is C6H14FNO. The van der Waals surface area contributed by atoms with Crippen molar-refractivity contribution in [2.75, 3.05) is 19.7 Å². The first-order chi connectivity index (χ1) is 3.93. The van der Waals surface area contributed by atoms with E-state index < -0.39 is 0 Å². The largest absolute Gasteiger partial charge is 0.376 e. The monoisotopic (exact) mass is 135 g/mol. The summed E-state index contributed by atoms with van der Waals surface area (Å²) in [6.07, 6.45) is 1.61. The van der Waals surface area contributed by atoms with Gasteiger partial charge in [0.1, 0.15) is 0 Å². The Bertz CT molecular complexity index is 64.1. The van der Waals surface area contributed by atoms with Gasteiger partial charge in [-0.2, -0.15) is 0 Å². The Balaban J connectivity index is 0.000000640. The maximum atomic E-state index is 5.36. The molecule has 0 aromatic carbocycles. The Morgan fingerprint density at radius 3 is 2.78 bits per heavy atom. The van der Waals surface area contributed by atoms with E-state index in [1.54, 1.807) is 0 Å². The van der Waals surface area contributed by atoms with Crippen molar-refractivity contribution in [2.45, 2.75) is 19.4 Å². The topological polar surface area (TPSA) is 21.3 Å². The predicted octanol–water partition coefficient (Wildman–Crippen LogP) is 0.537. The molecule has 1 N–H and O–H groups in total. The lowest BCUT2D eigenvalue weighted by molar-refractivity contribution is 0.0267. The Kier molecular flexibility index (Phi) is 4.62. The summed E-state index contributed by atoms with van der Waals surface area (Å²) in [5.41, 5.74) is 0. The van der Waals surface area contributed by atoms with E-state index in [9.17, 15) is 0 Å². The van der Waals surface area contributed by atoms with Crippen LogP contribution in [-0.2, 0) is 4.74 Å². The van der Waals surface area contributed by atoms with E-state index in [1.165, 1.54) is 0 Å². The molecule has 0 bridgehead atoms. The van der Waals surface area contributed by atoms with Gasteiger partial charge in [-0.15, -0.1) is 0 Å². The third kappa shape index (κ3) is 2.77. The highest BCUT2D eigenvalue weighted by atomic mass is 19.0. The van der Waals surface area contributed by atoms with Crippen LogP contribution in [-0.4, -0.2) is 25.8 Å². The van der Waals surface area contributed by atoms with E-state index in [4.69, 9.17) is 4.74 Å². The minimum Gasteiger partial charge on any atom is -0.376 e. The quantitative estimate of drug-likeness (QED) is 0.566. The average molecular weight is 135 g/mol. The zero-order valence-electron chi connectivity index (χ0n) is 5.72. The Morgan fingerprint density at radius 2 is 2.44 bits per heavy atom. The summed E-state index contributed by atoms with van der Waals surface area (Å²) in [5, 5.41) is 3.26. The van der Waals surface area contributed by atoms with Gasteiger partial charge in [0.2, 0.25) is 0 Å². The Hall–Kier alpha value is -0.150. The van der Waals surface area contributed by atoms with Crippen LogP contribution in [0.4, 0.5) is 4.70 Å². The Labute approximate surface area is 55.0 Å². The van der Waals surface area contributed by atoms with Crippen molar-refractivity contribution in [1.82, 2.24) is 5.32 Å². The fraction of sp³-hybridized carbons (Fsp3) is 1.00. The molecule has 1 heterocycles. The zero-order chi connectivity index (χ0) is 5.82. The maximum absolute atomic E-state index is 5.36. The second-order valence-corrected chi connectivity index (χ2v) is 2.11. The fourth-order valence-corrected chi connectivity index (χ4v) is 0.882. The van der Waals surface area contributed by atoms with Crippen LogP contribution in [0.1, 0.15) is 13.3 Å². The van der Waals surface area contributed by atoms with Gasteiger partial charge in [-0.05, 0) is 6.42 Å².